The average Bonchev–Trinajstić information content (AvgIpc) is 2.85. The van der Waals surface area contributed by atoms with Crippen LogP contribution in [0, 0.1) is 28.6 Å². The lowest BCUT2D eigenvalue weighted by Crippen LogP contribution is -2.32. The van der Waals surface area contributed by atoms with E-state index < -0.39 is 5.92 Å². The molecule has 0 amide bonds. The maximum absolute atomic E-state index is 8.94. The van der Waals surface area contributed by atoms with Crippen LogP contribution in [0.2, 0.25) is 0 Å². The van der Waals surface area contributed by atoms with E-state index >= 15 is 0 Å². The normalized spacial score (nSPS) is 24.8. The molecule has 0 bridgehead atoms. The molecule has 0 saturated carbocycles. The summed E-state index contributed by atoms with van der Waals surface area (Å²) in [6, 6.07) is 2.08. The molecule has 94 valence electrons. The van der Waals surface area contributed by atoms with Crippen LogP contribution in [-0.2, 0) is 6.54 Å². The summed E-state index contributed by atoms with van der Waals surface area (Å²) in [5.41, 5.74) is 1.51. The molecule has 1 N–H and O–H groups in total. The lowest BCUT2D eigenvalue weighted by molar-refractivity contribution is 0.491. The van der Waals surface area contributed by atoms with Gasteiger partial charge in [0, 0.05) is 24.2 Å². The van der Waals surface area contributed by atoms with Gasteiger partial charge in [0.2, 0.25) is 0 Å². The zero-order valence-corrected chi connectivity index (χ0v) is 10.3. The highest BCUT2D eigenvalue weighted by Gasteiger charge is 2.31. The van der Waals surface area contributed by atoms with E-state index in [-0.39, 0.29) is 5.84 Å². The number of hydrogen-bond acceptors (Lipinski definition) is 3. The third kappa shape index (κ3) is 2.13. The van der Waals surface area contributed by atoms with E-state index in [2.05, 4.69) is 40.5 Å². The monoisotopic (exact) mass is 251 g/mol. The van der Waals surface area contributed by atoms with Crippen molar-refractivity contribution in [2.24, 2.45) is 16.8 Å². The standard InChI is InChI=1S/C14H13N5/c15-6-12-13(18-14(12)16)11-7-17-19(9-11)8-10-4-2-1-3-5-10/h1-4,7,9-10,12,16H,5,8H2. The molecular formula is C14H13N5. The second-order valence-electron chi connectivity index (χ2n) is 4.70. The Hall–Kier alpha value is -2.48. The minimum atomic E-state index is -0.491. The van der Waals surface area contributed by atoms with Crippen LogP contribution < -0.4 is 0 Å². The Morgan fingerprint density at radius 2 is 2.37 bits per heavy atom. The molecule has 0 saturated heterocycles. The number of aromatic nitrogens is 2. The van der Waals surface area contributed by atoms with E-state index in [1.165, 1.54) is 0 Å². The number of nitrogens with zero attached hydrogens (tertiary/aromatic N) is 4. The summed E-state index contributed by atoms with van der Waals surface area (Å²) in [6.07, 6.45) is 13.1. The summed E-state index contributed by atoms with van der Waals surface area (Å²) in [5.74, 6) is 0.118. The maximum atomic E-state index is 8.94. The summed E-state index contributed by atoms with van der Waals surface area (Å²) < 4.78 is 1.88. The number of nitrogens with one attached hydrogen (secondary N) is 1. The van der Waals surface area contributed by atoms with Crippen molar-refractivity contribution in [2.45, 2.75) is 13.0 Å². The fourth-order valence-corrected chi connectivity index (χ4v) is 2.28. The smallest absolute Gasteiger partial charge is 0.148 e. The fraction of sp³-hybridized carbons (Fsp3) is 0.286. The molecule has 5 nitrogen and oxygen atoms in total. The van der Waals surface area contributed by atoms with Crippen molar-refractivity contribution >= 4 is 11.5 Å². The molecule has 1 aliphatic heterocycles. The zero-order valence-electron chi connectivity index (χ0n) is 10.3. The molecule has 3 rings (SSSR count). The number of aliphatic imine (C=N–C) groups is 1. The summed E-state index contributed by atoms with van der Waals surface area (Å²) >= 11 is 0. The van der Waals surface area contributed by atoms with Gasteiger partial charge in [0.15, 0.2) is 0 Å². The predicted octanol–water partition coefficient (Wildman–Crippen LogP) is 1.94. The van der Waals surface area contributed by atoms with E-state index in [1.54, 1.807) is 6.20 Å². The van der Waals surface area contributed by atoms with Gasteiger partial charge >= 0.3 is 0 Å². The van der Waals surface area contributed by atoms with E-state index in [1.807, 2.05) is 10.9 Å². The molecule has 0 radical (unpaired) electrons. The van der Waals surface area contributed by atoms with Crippen LogP contribution in [0.3, 0.4) is 0 Å². The molecule has 19 heavy (non-hydrogen) atoms. The van der Waals surface area contributed by atoms with E-state index in [9.17, 15) is 0 Å². The molecule has 1 aromatic rings. The molecule has 2 aliphatic rings. The van der Waals surface area contributed by atoms with Gasteiger partial charge in [0.05, 0.1) is 18.0 Å². The van der Waals surface area contributed by atoms with Crippen LogP contribution in [0.4, 0.5) is 0 Å². The zero-order chi connectivity index (χ0) is 13.2. The van der Waals surface area contributed by atoms with Gasteiger partial charge in [0.1, 0.15) is 11.8 Å². The topological polar surface area (TPSA) is 77.8 Å². The third-order valence-corrected chi connectivity index (χ3v) is 3.34. The number of nitriles is 1. The van der Waals surface area contributed by atoms with Gasteiger partial charge in [-0.25, -0.2) is 4.99 Å². The van der Waals surface area contributed by atoms with Crippen molar-refractivity contribution in [3.8, 4) is 6.07 Å². The number of rotatable bonds is 3. The van der Waals surface area contributed by atoms with Gasteiger partial charge in [-0.15, -0.1) is 0 Å². The first-order valence-electron chi connectivity index (χ1n) is 6.20. The average molecular weight is 251 g/mol. The van der Waals surface area contributed by atoms with Crippen LogP contribution in [0.25, 0.3) is 0 Å². The van der Waals surface area contributed by atoms with Crippen LogP contribution in [0.15, 0.2) is 41.7 Å². The number of hydrogen-bond donors (Lipinski definition) is 1. The van der Waals surface area contributed by atoms with Crippen LogP contribution in [-0.4, -0.2) is 21.3 Å². The van der Waals surface area contributed by atoms with Gasteiger partial charge in [-0.05, 0) is 6.42 Å². The van der Waals surface area contributed by atoms with E-state index in [4.69, 9.17) is 10.7 Å². The molecule has 1 aromatic heterocycles. The number of allylic oxidation sites excluding steroid dienone is 4. The van der Waals surface area contributed by atoms with Crippen molar-refractivity contribution in [2.75, 3.05) is 0 Å². The van der Waals surface area contributed by atoms with Crippen molar-refractivity contribution < 1.29 is 0 Å². The van der Waals surface area contributed by atoms with Crippen molar-refractivity contribution in [3.63, 3.8) is 0 Å². The van der Waals surface area contributed by atoms with Gasteiger partial charge < -0.3 is 0 Å². The molecule has 0 spiro atoms. The third-order valence-electron chi connectivity index (χ3n) is 3.34. The lowest BCUT2D eigenvalue weighted by Gasteiger charge is -2.18. The van der Waals surface area contributed by atoms with Crippen molar-refractivity contribution in [3.05, 3.63) is 42.3 Å². The van der Waals surface area contributed by atoms with E-state index in [0.717, 1.165) is 18.5 Å². The molecule has 1 aliphatic carbocycles. The summed E-state index contributed by atoms with van der Waals surface area (Å²) in [6.45, 7) is 0.822. The lowest BCUT2D eigenvalue weighted by atomic mass is 9.93. The van der Waals surface area contributed by atoms with Gasteiger partial charge in [-0.2, -0.15) is 10.4 Å². The van der Waals surface area contributed by atoms with Gasteiger partial charge in [-0.3, -0.25) is 10.1 Å². The first kappa shape index (κ1) is 11.6. The predicted molar refractivity (Wildman–Crippen MR) is 72.0 cm³/mol. The Balaban J connectivity index is 1.72. The molecule has 0 fully saturated rings. The minimum Gasteiger partial charge on any atom is -0.285 e. The van der Waals surface area contributed by atoms with Gasteiger partial charge in [0.25, 0.3) is 0 Å². The summed E-state index contributed by atoms with van der Waals surface area (Å²) in [5, 5.41) is 20.7. The Labute approximate surface area is 111 Å². The minimum absolute atomic E-state index is 0.144. The second-order valence-corrected chi connectivity index (χ2v) is 4.70. The quantitative estimate of drug-likeness (QED) is 0.891. The molecule has 2 heterocycles. The molecule has 2 unspecified atom stereocenters. The first-order chi connectivity index (χ1) is 9.28. The fourth-order valence-electron chi connectivity index (χ4n) is 2.28. The molecular weight excluding hydrogens is 238 g/mol. The van der Waals surface area contributed by atoms with Crippen molar-refractivity contribution in [1.29, 1.82) is 10.7 Å². The molecule has 2 atom stereocenters. The molecule has 5 heteroatoms. The first-order valence-corrected chi connectivity index (χ1v) is 6.20. The number of amidine groups is 1. The van der Waals surface area contributed by atoms with Crippen LogP contribution >= 0.6 is 0 Å². The Bertz CT molecular complexity index is 641. The SMILES string of the molecule is N#CC1C(=N)N=C1c1cnn(CC2C=CC=CC2)c1. The highest BCUT2D eigenvalue weighted by atomic mass is 15.3. The largest absolute Gasteiger partial charge is 0.285 e. The Morgan fingerprint density at radius 3 is 3.05 bits per heavy atom. The second kappa shape index (κ2) is 4.65. The highest BCUT2D eigenvalue weighted by Crippen LogP contribution is 2.21. The summed E-state index contributed by atoms with van der Waals surface area (Å²) in [4.78, 5) is 4.00. The van der Waals surface area contributed by atoms with Crippen LogP contribution in [0.5, 0.6) is 0 Å². The van der Waals surface area contributed by atoms with Gasteiger partial charge in [-0.1, -0.05) is 24.3 Å². The van der Waals surface area contributed by atoms with Crippen molar-refractivity contribution in [1.82, 2.24) is 9.78 Å². The maximum Gasteiger partial charge on any atom is 0.148 e. The molecule has 0 aromatic carbocycles. The highest BCUT2D eigenvalue weighted by molar-refractivity contribution is 6.27. The van der Waals surface area contributed by atoms with Crippen LogP contribution in [0.1, 0.15) is 12.0 Å². The Morgan fingerprint density at radius 1 is 1.47 bits per heavy atom. The summed E-state index contributed by atoms with van der Waals surface area (Å²) in [7, 11) is 0. The van der Waals surface area contributed by atoms with E-state index in [0.29, 0.717) is 11.6 Å². The Kier molecular flexibility index (Phi) is 2.84.